The number of hydrogen-bond acceptors (Lipinski definition) is 5. The van der Waals surface area contributed by atoms with Gasteiger partial charge >= 0.3 is 0 Å². The van der Waals surface area contributed by atoms with Crippen LogP contribution in [0.5, 0.6) is 0 Å². The average Bonchev–Trinajstić information content (AvgIpc) is 2.66. The minimum atomic E-state index is -0.465. The predicted molar refractivity (Wildman–Crippen MR) is 138 cm³/mol. The van der Waals surface area contributed by atoms with Crippen LogP contribution in [-0.4, -0.2) is 74.4 Å². The minimum Gasteiger partial charge on any atom is -0.390 e. The molecule has 0 aliphatic heterocycles. The van der Waals surface area contributed by atoms with Gasteiger partial charge < -0.3 is 25.5 Å². The van der Waals surface area contributed by atoms with Crippen LogP contribution >= 0.6 is 58.8 Å². The van der Waals surface area contributed by atoms with E-state index in [4.69, 9.17) is 46.4 Å². The Kier molecular flexibility index (Phi) is 13.3. The third kappa shape index (κ3) is 9.80. The second kappa shape index (κ2) is 14.5. The van der Waals surface area contributed by atoms with Crippen LogP contribution in [-0.2, 0) is 0 Å². The monoisotopic (exact) mass is 528 g/mol. The number of nitrogens with one attached hydrogen (secondary N) is 2. The van der Waals surface area contributed by atoms with E-state index in [0.29, 0.717) is 46.3 Å². The van der Waals surface area contributed by atoms with Gasteiger partial charge in [-0.3, -0.25) is 0 Å². The number of hydrogen-bond donors (Lipinski definition) is 3. The molecule has 174 valence electrons. The number of likely N-dealkylation sites (N-methyl/N-ethyl adjacent to an activating group) is 2. The number of anilines is 2. The lowest BCUT2D eigenvalue weighted by atomic mass is 10.3. The lowest BCUT2D eigenvalue weighted by Gasteiger charge is -2.25. The van der Waals surface area contributed by atoms with Crippen LogP contribution < -0.4 is 10.6 Å². The van der Waals surface area contributed by atoms with Crippen LogP contribution in [0.1, 0.15) is 0 Å². The molecule has 2 aromatic carbocycles. The van der Waals surface area contributed by atoms with Gasteiger partial charge in [-0.05, 0) is 38.4 Å². The molecule has 31 heavy (non-hydrogen) atoms. The first-order valence-corrected chi connectivity index (χ1v) is 11.2. The highest BCUT2D eigenvalue weighted by Crippen LogP contribution is 2.30. The summed E-state index contributed by atoms with van der Waals surface area (Å²) >= 11 is 24.6. The summed E-state index contributed by atoms with van der Waals surface area (Å²) in [6, 6.07) is 10.8. The van der Waals surface area contributed by atoms with Crippen molar-refractivity contribution >= 4 is 70.2 Å². The zero-order chi connectivity index (χ0) is 22.1. The average molecular weight is 531 g/mol. The lowest BCUT2D eigenvalue weighted by Crippen LogP contribution is -2.40. The first-order valence-electron chi connectivity index (χ1n) is 9.69. The topological polar surface area (TPSA) is 50.8 Å². The summed E-state index contributed by atoms with van der Waals surface area (Å²) in [7, 11) is 3.94. The molecule has 0 bridgehead atoms. The highest BCUT2D eigenvalue weighted by atomic mass is 35.5. The first kappa shape index (κ1) is 28.4. The number of halogens is 5. The molecule has 0 saturated carbocycles. The van der Waals surface area contributed by atoms with Gasteiger partial charge in [0.1, 0.15) is 0 Å². The van der Waals surface area contributed by atoms with Gasteiger partial charge in [-0.15, -0.1) is 12.4 Å². The van der Waals surface area contributed by atoms with Crippen molar-refractivity contribution in [3.05, 3.63) is 56.5 Å². The third-order valence-corrected chi connectivity index (χ3v) is 5.82. The summed E-state index contributed by atoms with van der Waals surface area (Å²) in [6.45, 7) is 3.96. The number of nitrogens with zero attached hydrogens (tertiary/aromatic N) is 2. The zero-order valence-electron chi connectivity index (χ0n) is 17.5. The van der Waals surface area contributed by atoms with Crippen molar-refractivity contribution in [2.45, 2.75) is 6.10 Å². The van der Waals surface area contributed by atoms with Gasteiger partial charge in [0, 0.05) is 39.3 Å². The molecular formula is C21H29Cl5N4O. The van der Waals surface area contributed by atoms with Crippen molar-refractivity contribution in [1.29, 1.82) is 0 Å². The van der Waals surface area contributed by atoms with Crippen molar-refractivity contribution in [3.8, 4) is 0 Å². The van der Waals surface area contributed by atoms with Crippen molar-refractivity contribution < 1.29 is 5.11 Å². The number of aliphatic hydroxyl groups is 1. The van der Waals surface area contributed by atoms with Crippen molar-refractivity contribution in [2.24, 2.45) is 0 Å². The SMILES string of the molecule is CN(CCNc1c(Cl)cccc1Cl)CC(O)CN(C)CCNc1c(Cl)cccc1Cl.Cl. The highest BCUT2D eigenvalue weighted by Gasteiger charge is 2.12. The molecule has 2 rings (SSSR count). The van der Waals surface area contributed by atoms with Crippen LogP contribution in [0.2, 0.25) is 20.1 Å². The molecule has 0 radical (unpaired) electrons. The van der Waals surface area contributed by atoms with E-state index in [-0.39, 0.29) is 12.4 Å². The molecule has 0 heterocycles. The largest absolute Gasteiger partial charge is 0.390 e. The fourth-order valence-corrected chi connectivity index (χ4v) is 4.10. The number of benzene rings is 2. The molecule has 2 aromatic rings. The third-order valence-electron chi connectivity index (χ3n) is 4.56. The number of rotatable bonds is 12. The Hall–Kier alpha value is -0.630. The quantitative estimate of drug-likeness (QED) is 0.340. The van der Waals surface area contributed by atoms with Gasteiger partial charge in [-0.1, -0.05) is 58.5 Å². The molecule has 3 N–H and O–H groups in total. The second-order valence-corrected chi connectivity index (χ2v) is 8.85. The number of aliphatic hydroxyl groups excluding tert-OH is 1. The van der Waals surface area contributed by atoms with Gasteiger partial charge in [0.05, 0.1) is 37.6 Å². The number of para-hydroxylation sites is 2. The standard InChI is InChI=1S/C21H28Cl4N4O.ClH/c1-28(11-9-26-20-16(22)5-3-6-17(20)23)13-15(30)14-29(2)12-10-27-21-18(24)7-4-8-19(21)25;/h3-8,15,26-27,30H,9-14H2,1-2H3;1H. The molecule has 0 aromatic heterocycles. The van der Waals surface area contributed by atoms with Gasteiger partial charge in [-0.25, -0.2) is 0 Å². The maximum absolute atomic E-state index is 10.4. The normalized spacial score (nSPS) is 11.2. The van der Waals surface area contributed by atoms with E-state index < -0.39 is 6.10 Å². The molecule has 0 saturated heterocycles. The Morgan fingerprint density at radius 1 is 0.742 bits per heavy atom. The molecule has 0 amide bonds. The molecule has 10 heteroatoms. The minimum absolute atomic E-state index is 0. The van der Waals surface area contributed by atoms with Gasteiger partial charge in [0.15, 0.2) is 0 Å². The molecule has 0 aliphatic carbocycles. The summed E-state index contributed by atoms with van der Waals surface area (Å²) in [4.78, 5) is 4.13. The van der Waals surface area contributed by atoms with Crippen LogP contribution in [0.3, 0.4) is 0 Å². The Labute approximate surface area is 211 Å². The maximum atomic E-state index is 10.4. The molecule has 0 atom stereocenters. The molecule has 5 nitrogen and oxygen atoms in total. The smallest absolute Gasteiger partial charge is 0.0793 e. The summed E-state index contributed by atoms with van der Waals surface area (Å²) in [5.41, 5.74) is 1.47. The Balaban J connectivity index is 0.00000480. The Bertz CT molecular complexity index is 705. The van der Waals surface area contributed by atoms with Gasteiger partial charge in [0.25, 0.3) is 0 Å². The molecule has 0 unspecified atom stereocenters. The van der Waals surface area contributed by atoms with E-state index in [1.54, 1.807) is 24.3 Å². The lowest BCUT2D eigenvalue weighted by molar-refractivity contribution is 0.0937. The van der Waals surface area contributed by atoms with Crippen LogP contribution in [0.25, 0.3) is 0 Å². The van der Waals surface area contributed by atoms with E-state index in [2.05, 4.69) is 20.4 Å². The fourth-order valence-electron chi connectivity index (χ4n) is 3.04. The zero-order valence-corrected chi connectivity index (χ0v) is 21.4. The highest BCUT2D eigenvalue weighted by molar-refractivity contribution is 6.39. The molecule has 0 fully saturated rings. The summed E-state index contributed by atoms with van der Waals surface area (Å²) in [6.07, 6.45) is -0.465. The summed E-state index contributed by atoms with van der Waals surface area (Å²) in [5, 5.41) is 19.3. The van der Waals surface area contributed by atoms with Crippen LogP contribution in [0, 0.1) is 0 Å². The van der Waals surface area contributed by atoms with Gasteiger partial charge in [-0.2, -0.15) is 0 Å². The fraction of sp³-hybridized carbons (Fsp3) is 0.429. The Morgan fingerprint density at radius 3 is 1.39 bits per heavy atom. The van der Waals surface area contributed by atoms with Crippen molar-refractivity contribution in [3.63, 3.8) is 0 Å². The Morgan fingerprint density at radius 2 is 1.06 bits per heavy atom. The second-order valence-electron chi connectivity index (χ2n) is 7.23. The van der Waals surface area contributed by atoms with Gasteiger partial charge in [0.2, 0.25) is 0 Å². The molecular weight excluding hydrogens is 502 g/mol. The van der Waals surface area contributed by atoms with Crippen LogP contribution in [0.4, 0.5) is 11.4 Å². The van der Waals surface area contributed by atoms with E-state index >= 15 is 0 Å². The van der Waals surface area contributed by atoms with E-state index in [1.807, 2.05) is 26.2 Å². The maximum Gasteiger partial charge on any atom is 0.0793 e. The molecule has 0 spiro atoms. The van der Waals surface area contributed by atoms with Crippen molar-refractivity contribution in [1.82, 2.24) is 9.80 Å². The molecule has 0 aliphatic rings. The van der Waals surface area contributed by atoms with E-state index in [9.17, 15) is 5.11 Å². The first-order chi connectivity index (χ1) is 14.3. The summed E-state index contributed by atoms with van der Waals surface area (Å²) in [5.74, 6) is 0. The predicted octanol–water partition coefficient (Wildman–Crippen LogP) is 5.47. The van der Waals surface area contributed by atoms with E-state index in [0.717, 1.165) is 24.5 Å². The summed E-state index contributed by atoms with van der Waals surface area (Å²) < 4.78 is 0. The van der Waals surface area contributed by atoms with Crippen LogP contribution in [0.15, 0.2) is 36.4 Å². The van der Waals surface area contributed by atoms with Crippen molar-refractivity contribution in [2.75, 3.05) is 64.0 Å². The van der Waals surface area contributed by atoms with E-state index in [1.165, 1.54) is 0 Å².